The van der Waals surface area contributed by atoms with Gasteiger partial charge >= 0.3 is 0 Å². The van der Waals surface area contributed by atoms with Gasteiger partial charge in [-0.25, -0.2) is 4.98 Å². The first-order chi connectivity index (χ1) is 13.2. The summed E-state index contributed by atoms with van der Waals surface area (Å²) in [7, 11) is 1.54. The molecule has 0 spiro atoms. The number of methoxy groups -OCH3 is 1. The number of aromatic nitrogens is 3. The molecule has 1 unspecified atom stereocenters. The zero-order valence-corrected chi connectivity index (χ0v) is 15.9. The molecule has 1 saturated heterocycles. The van der Waals surface area contributed by atoms with Crippen LogP contribution in [0.2, 0.25) is 0 Å². The Hall–Kier alpha value is -2.45. The maximum atomic E-state index is 12.5. The smallest absolute Gasteiger partial charge is 0.249 e. The maximum absolute atomic E-state index is 12.5. The van der Waals surface area contributed by atoms with Crippen molar-refractivity contribution in [1.29, 1.82) is 0 Å². The van der Waals surface area contributed by atoms with Crippen molar-refractivity contribution in [3.63, 3.8) is 0 Å². The lowest BCUT2D eigenvalue weighted by atomic mass is 10.1. The van der Waals surface area contributed by atoms with E-state index in [0.717, 1.165) is 37.6 Å². The van der Waals surface area contributed by atoms with E-state index in [0.29, 0.717) is 19.0 Å². The first kappa shape index (κ1) is 19.3. The van der Waals surface area contributed by atoms with Crippen molar-refractivity contribution in [2.75, 3.05) is 46.5 Å². The van der Waals surface area contributed by atoms with Gasteiger partial charge in [0, 0.05) is 33.3 Å². The number of hydrogen-bond donors (Lipinski definition) is 1. The number of amides is 1. The average Bonchev–Trinajstić information content (AvgIpc) is 2.98. The van der Waals surface area contributed by atoms with Crippen molar-refractivity contribution in [2.45, 2.75) is 19.4 Å². The van der Waals surface area contributed by atoms with Crippen LogP contribution in [0.3, 0.4) is 0 Å². The summed E-state index contributed by atoms with van der Waals surface area (Å²) in [6, 6.07) is 9.66. The second-order valence-electron chi connectivity index (χ2n) is 6.61. The quantitative estimate of drug-likeness (QED) is 0.790. The Morgan fingerprint density at radius 2 is 2.07 bits per heavy atom. The van der Waals surface area contributed by atoms with Crippen molar-refractivity contribution in [3.05, 3.63) is 42.0 Å². The van der Waals surface area contributed by atoms with Crippen LogP contribution in [0.5, 0.6) is 5.75 Å². The first-order valence-electron chi connectivity index (χ1n) is 9.25. The normalized spacial score (nSPS) is 18.3. The van der Waals surface area contributed by atoms with Crippen molar-refractivity contribution < 1.29 is 14.3 Å². The minimum atomic E-state index is -0.141. The molecule has 2 aromatic rings. The second kappa shape index (κ2) is 9.48. The van der Waals surface area contributed by atoms with Crippen LogP contribution >= 0.6 is 0 Å². The number of aryl methyl sites for hydroxylation is 1. The van der Waals surface area contributed by atoms with E-state index in [1.54, 1.807) is 0 Å². The van der Waals surface area contributed by atoms with Gasteiger partial charge in [0.15, 0.2) is 5.82 Å². The Labute approximate surface area is 159 Å². The standard InChI is InChI=1S/C19H27N5O3/c1-15-20-19(22-21-15)17-8-9-23(10-11-24(17)18(25)14-26-2)12-13-27-16-6-4-3-5-7-16/h3-7,17H,8-14H2,1-2H3,(H,20,21,22). The first-order valence-corrected chi connectivity index (χ1v) is 9.25. The molecule has 0 aliphatic carbocycles. The molecule has 1 amide bonds. The summed E-state index contributed by atoms with van der Waals surface area (Å²) < 4.78 is 10.9. The number of para-hydroxylation sites is 1. The Balaban J connectivity index is 1.61. The minimum Gasteiger partial charge on any atom is -0.492 e. The maximum Gasteiger partial charge on any atom is 0.249 e. The number of nitrogens with zero attached hydrogens (tertiary/aromatic N) is 4. The third kappa shape index (κ3) is 5.27. The van der Waals surface area contributed by atoms with Crippen molar-refractivity contribution in [3.8, 4) is 5.75 Å². The molecule has 2 heterocycles. The van der Waals surface area contributed by atoms with Crippen LogP contribution in [0.4, 0.5) is 0 Å². The van der Waals surface area contributed by atoms with Gasteiger partial charge in [-0.05, 0) is 25.5 Å². The molecule has 0 bridgehead atoms. The number of benzene rings is 1. The van der Waals surface area contributed by atoms with Gasteiger partial charge in [0.25, 0.3) is 0 Å². The van der Waals surface area contributed by atoms with Crippen LogP contribution in [0, 0.1) is 6.92 Å². The van der Waals surface area contributed by atoms with E-state index in [2.05, 4.69) is 20.1 Å². The zero-order valence-electron chi connectivity index (χ0n) is 15.9. The third-order valence-electron chi connectivity index (χ3n) is 4.67. The van der Waals surface area contributed by atoms with E-state index < -0.39 is 0 Å². The number of ether oxygens (including phenoxy) is 2. The third-order valence-corrected chi connectivity index (χ3v) is 4.67. The summed E-state index contributed by atoms with van der Waals surface area (Å²) >= 11 is 0. The van der Waals surface area contributed by atoms with E-state index >= 15 is 0 Å². The predicted octanol–water partition coefficient (Wildman–Crippen LogP) is 1.41. The molecule has 1 atom stereocenters. The molecule has 3 rings (SSSR count). The predicted molar refractivity (Wildman–Crippen MR) is 100 cm³/mol. The summed E-state index contributed by atoms with van der Waals surface area (Å²) in [4.78, 5) is 21.1. The van der Waals surface area contributed by atoms with E-state index in [1.165, 1.54) is 7.11 Å². The molecule has 1 aromatic carbocycles. The van der Waals surface area contributed by atoms with Gasteiger partial charge in [-0.3, -0.25) is 14.8 Å². The number of rotatable bonds is 7. The van der Waals surface area contributed by atoms with E-state index in [9.17, 15) is 4.79 Å². The van der Waals surface area contributed by atoms with Gasteiger partial charge < -0.3 is 14.4 Å². The average molecular weight is 373 g/mol. The summed E-state index contributed by atoms with van der Waals surface area (Å²) in [5.74, 6) is 2.26. The number of aromatic amines is 1. The lowest BCUT2D eigenvalue weighted by Gasteiger charge is -2.27. The highest BCUT2D eigenvalue weighted by Gasteiger charge is 2.31. The van der Waals surface area contributed by atoms with Gasteiger partial charge in [-0.1, -0.05) is 18.2 Å². The Bertz CT molecular complexity index is 721. The Morgan fingerprint density at radius 3 is 2.78 bits per heavy atom. The number of hydrogen-bond acceptors (Lipinski definition) is 6. The van der Waals surface area contributed by atoms with Gasteiger partial charge in [0.1, 0.15) is 24.8 Å². The van der Waals surface area contributed by atoms with Crippen LogP contribution in [0.1, 0.15) is 24.1 Å². The molecule has 1 fully saturated rings. The van der Waals surface area contributed by atoms with E-state index in [4.69, 9.17) is 9.47 Å². The summed E-state index contributed by atoms with van der Waals surface area (Å²) in [6.45, 7) is 5.60. The van der Waals surface area contributed by atoms with Crippen LogP contribution in [-0.2, 0) is 9.53 Å². The molecule has 0 saturated carbocycles. The second-order valence-corrected chi connectivity index (χ2v) is 6.61. The largest absolute Gasteiger partial charge is 0.492 e. The number of carbonyl (C=O) groups excluding carboxylic acids is 1. The Morgan fingerprint density at radius 1 is 1.26 bits per heavy atom. The number of carbonyl (C=O) groups is 1. The molecule has 146 valence electrons. The van der Waals surface area contributed by atoms with Crippen molar-refractivity contribution in [1.82, 2.24) is 25.0 Å². The molecule has 1 aliphatic heterocycles. The fourth-order valence-electron chi connectivity index (χ4n) is 3.29. The van der Waals surface area contributed by atoms with Crippen molar-refractivity contribution >= 4 is 5.91 Å². The lowest BCUT2D eigenvalue weighted by Crippen LogP contribution is -2.39. The summed E-state index contributed by atoms with van der Waals surface area (Å²) in [5.41, 5.74) is 0. The molecule has 1 aliphatic rings. The van der Waals surface area contributed by atoms with Crippen LogP contribution in [0.25, 0.3) is 0 Å². The zero-order chi connectivity index (χ0) is 19.1. The van der Waals surface area contributed by atoms with Gasteiger partial charge in [0.2, 0.25) is 5.91 Å². The van der Waals surface area contributed by atoms with Crippen LogP contribution in [-0.4, -0.2) is 77.4 Å². The van der Waals surface area contributed by atoms with Gasteiger partial charge in [0.05, 0.1) is 6.04 Å². The minimum absolute atomic E-state index is 0.0349. The molecular weight excluding hydrogens is 346 g/mol. The molecule has 1 aromatic heterocycles. The van der Waals surface area contributed by atoms with Crippen LogP contribution in [0.15, 0.2) is 30.3 Å². The van der Waals surface area contributed by atoms with E-state index in [1.807, 2.05) is 42.2 Å². The Kier molecular flexibility index (Phi) is 6.78. The molecule has 0 radical (unpaired) electrons. The number of H-pyrrole nitrogens is 1. The lowest BCUT2D eigenvalue weighted by molar-refractivity contribution is -0.137. The van der Waals surface area contributed by atoms with Gasteiger partial charge in [-0.15, -0.1) is 0 Å². The highest BCUT2D eigenvalue weighted by molar-refractivity contribution is 5.78. The molecule has 27 heavy (non-hydrogen) atoms. The van der Waals surface area contributed by atoms with Crippen LogP contribution < -0.4 is 4.74 Å². The topological polar surface area (TPSA) is 83.6 Å². The highest BCUT2D eigenvalue weighted by Crippen LogP contribution is 2.24. The highest BCUT2D eigenvalue weighted by atomic mass is 16.5. The monoisotopic (exact) mass is 373 g/mol. The fourth-order valence-corrected chi connectivity index (χ4v) is 3.29. The summed E-state index contributed by atoms with van der Waals surface area (Å²) in [6.07, 6.45) is 0.776. The SMILES string of the molecule is COCC(=O)N1CCN(CCOc2ccccc2)CCC1c1n[nH]c(C)n1. The number of nitrogens with one attached hydrogen (secondary N) is 1. The molecule has 1 N–H and O–H groups in total. The molecule has 8 nitrogen and oxygen atoms in total. The fraction of sp³-hybridized carbons (Fsp3) is 0.526. The molecule has 8 heteroatoms. The van der Waals surface area contributed by atoms with Crippen molar-refractivity contribution in [2.24, 2.45) is 0 Å². The molecular formula is C19H27N5O3. The van der Waals surface area contributed by atoms with E-state index in [-0.39, 0.29) is 18.6 Å². The van der Waals surface area contributed by atoms with Gasteiger partial charge in [-0.2, -0.15) is 5.10 Å². The summed E-state index contributed by atoms with van der Waals surface area (Å²) in [5, 5.41) is 7.16.